The number of hydrogen-bond acceptors (Lipinski definition) is 5. The molecule has 3 aromatic heterocycles. The van der Waals surface area contributed by atoms with E-state index in [0.717, 1.165) is 28.0 Å². The monoisotopic (exact) mass is 332 g/mol. The first-order chi connectivity index (χ1) is 12.1. The van der Waals surface area contributed by atoms with Crippen molar-refractivity contribution in [1.82, 2.24) is 19.2 Å². The van der Waals surface area contributed by atoms with Crippen LogP contribution < -0.4 is 10.5 Å². The standard InChI is InChI=1S/C18H16N6O/c1-10-4-6-14(25-3)11(2)16(10)23-17(20)13(8-19)12-5-7-15-21-9-22-24(15)18(12)23/h4-7,9H,20H2,1-3H3. The third kappa shape index (κ3) is 1.91. The van der Waals surface area contributed by atoms with Crippen LogP contribution in [0.15, 0.2) is 30.6 Å². The van der Waals surface area contributed by atoms with Crippen LogP contribution in [0.25, 0.3) is 22.4 Å². The molecule has 2 N–H and O–H groups in total. The first-order valence-corrected chi connectivity index (χ1v) is 7.75. The number of nitrogens with zero attached hydrogens (tertiary/aromatic N) is 5. The maximum Gasteiger partial charge on any atom is 0.157 e. The number of methoxy groups -OCH3 is 1. The maximum atomic E-state index is 9.63. The number of aromatic nitrogens is 4. The molecule has 0 fully saturated rings. The van der Waals surface area contributed by atoms with Gasteiger partial charge in [-0.15, -0.1) is 0 Å². The van der Waals surface area contributed by atoms with Crippen LogP contribution in [0.2, 0.25) is 0 Å². The Morgan fingerprint density at radius 1 is 1.20 bits per heavy atom. The molecule has 7 nitrogen and oxygen atoms in total. The van der Waals surface area contributed by atoms with E-state index in [2.05, 4.69) is 16.2 Å². The summed E-state index contributed by atoms with van der Waals surface area (Å²) in [5.74, 6) is 1.13. The van der Waals surface area contributed by atoms with E-state index in [9.17, 15) is 5.26 Å². The van der Waals surface area contributed by atoms with Crippen molar-refractivity contribution in [2.75, 3.05) is 12.8 Å². The van der Waals surface area contributed by atoms with E-state index in [4.69, 9.17) is 10.5 Å². The van der Waals surface area contributed by atoms with E-state index < -0.39 is 0 Å². The average Bonchev–Trinajstić information content (AvgIpc) is 3.17. The van der Waals surface area contributed by atoms with Crippen LogP contribution in [-0.4, -0.2) is 26.3 Å². The number of fused-ring (bicyclic) bond motifs is 3. The van der Waals surface area contributed by atoms with Crippen molar-refractivity contribution in [2.24, 2.45) is 0 Å². The summed E-state index contributed by atoms with van der Waals surface area (Å²) in [5.41, 5.74) is 11.0. The Hall–Kier alpha value is -3.53. The first kappa shape index (κ1) is 15.0. The van der Waals surface area contributed by atoms with Gasteiger partial charge in [0.05, 0.1) is 12.8 Å². The average molecular weight is 332 g/mol. The second-order valence-electron chi connectivity index (χ2n) is 5.87. The molecule has 4 aromatic rings. The summed E-state index contributed by atoms with van der Waals surface area (Å²) in [4.78, 5) is 4.24. The van der Waals surface area contributed by atoms with Crippen LogP contribution >= 0.6 is 0 Å². The minimum absolute atomic E-state index is 0.375. The minimum atomic E-state index is 0.375. The Kier molecular flexibility index (Phi) is 3.15. The van der Waals surface area contributed by atoms with Gasteiger partial charge in [0.15, 0.2) is 11.3 Å². The molecule has 0 atom stereocenters. The molecule has 0 radical (unpaired) electrons. The summed E-state index contributed by atoms with van der Waals surface area (Å²) in [6.07, 6.45) is 1.49. The summed E-state index contributed by atoms with van der Waals surface area (Å²) in [5, 5.41) is 14.7. The normalized spacial score (nSPS) is 11.1. The zero-order chi connectivity index (χ0) is 17.7. The lowest BCUT2D eigenvalue weighted by atomic mass is 10.1. The predicted molar refractivity (Wildman–Crippen MR) is 95.0 cm³/mol. The molecule has 3 heterocycles. The van der Waals surface area contributed by atoms with Gasteiger partial charge in [-0.2, -0.15) is 14.9 Å². The van der Waals surface area contributed by atoms with Crippen molar-refractivity contribution in [3.8, 4) is 17.5 Å². The highest BCUT2D eigenvalue weighted by molar-refractivity contribution is 5.93. The summed E-state index contributed by atoms with van der Waals surface area (Å²) in [6.45, 7) is 3.97. The molecular formula is C18H16N6O. The molecule has 0 spiro atoms. The van der Waals surface area contributed by atoms with Gasteiger partial charge in [0.2, 0.25) is 0 Å². The Labute approximate surface area is 143 Å². The zero-order valence-electron chi connectivity index (χ0n) is 14.1. The highest BCUT2D eigenvalue weighted by Crippen LogP contribution is 2.36. The highest BCUT2D eigenvalue weighted by Gasteiger charge is 2.22. The summed E-state index contributed by atoms with van der Waals surface area (Å²) < 4.78 is 9.03. The number of hydrogen-bond donors (Lipinski definition) is 1. The molecule has 25 heavy (non-hydrogen) atoms. The molecule has 0 unspecified atom stereocenters. The maximum absolute atomic E-state index is 9.63. The van der Waals surface area contributed by atoms with Crippen LogP contribution in [0.1, 0.15) is 16.7 Å². The molecular weight excluding hydrogens is 316 g/mol. The van der Waals surface area contributed by atoms with Gasteiger partial charge >= 0.3 is 0 Å². The molecule has 1 aromatic carbocycles. The van der Waals surface area contributed by atoms with E-state index in [1.54, 1.807) is 11.6 Å². The van der Waals surface area contributed by atoms with Gasteiger partial charge in [-0.25, -0.2) is 4.98 Å². The lowest BCUT2D eigenvalue weighted by Gasteiger charge is -2.17. The molecule has 4 rings (SSSR count). The zero-order valence-corrected chi connectivity index (χ0v) is 14.1. The third-order valence-electron chi connectivity index (χ3n) is 4.53. The highest BCUT2D eigenvalue weighted by atomic mass is 16.5. The topological polar surface area (TPSA) is 94.2 Å². The van der Waals surface area contributed by atoms with E-state index in [1.165, 1.54) is 6.33 Å². The molecule has 0 aliphatic carbocycles. The first-order valence-electron chi connectivity index (χ1n) is 7.75. The number of aryl methyl sites for hydroxylation is 1. The van der Waals surface area contributed by atoms with Crippen molar-refractivity contribution in [3.63, 3.8) is 0 Å². The summed E-state index contributed by atoms with van der Waals surface area (Å²) in [7, 11) is 1.63. The molecule has 0 bridgehead atoms. The smallest absolute Gasteiger partial charge is 0.157 e. The third-order valence-corrected chi connectivity index (χ3v) is 4.53. The molecule has 0 amide bonds. The van der Waals surface area contributed by atoms with E-state index in [0.29, 0.717) is 22.7 Å². The van der Waals surface area contributed by atoms with Gasteiger partial charge < -0.3 is 10.5 Å². The van der Waals surface area contributed by atoms with Crippen molar-refractivity contribution in [2.45, 2.75) is 13.8 Å². The van der Waals surface area contributed by atoms with Gasteiger partial charge in [0, 0.05) is 10.9 Å². The van der Waals surface area contributed by atoms with Crippen molar-refractivity contribution >= 4 is 22.5 Å². The Balaban J connectivity index is 2.26. The lowest BCUT2D eigenvalue weighted by Crippen LogP contribution is -2.08. The molecule has 7 heteroatoms. The van der Waals surface area contributed by atoms with Crippen molar-refractivity contribution in [3.05, 3.63) is 47.3 Å². The fraction of sp³-hybridized carbons (Fsp3) is 0.167. The molecule has 124 valence electrons. The number of benzene rings is 1. The summed E-state index contributed by atoms with van der Waals surface area (Å²) in [6, 6.07) is 9.79. The second-order valence-corrected chi connectivity index (χ2v) is 5.87. The van der Waals surface area contributed by atoms with Crippen LogP contribution in [0, 0.1) is 25.2 Å². The fourth-order valence-electron chi connectivity index (χ4n) is 3.37. The van der Waals surface area contributed by atoms with Crippen LogP contribution in [0.3, 0.4) is 0 Å². The van der Waals surface area contributed by atoms with Gasteiger partial charge in [-0.3, -0.25) is 4.57 Å². The molecule has 0 saturated carbocycles. The van der Waals surface area contributed by atoms with E-state index >= 15 is 0 Å². The fourth-order valence-corrected chi connectivity index (χ4v) is 3.37. The Bertz CT molecular complexity index is 1180. The molecule has 0 saturated heterocycles. The molecule has 0 aliphatic heterocycles. The van der Waals surface area contributed by atoms with Gasteiger partial charge in [0.25, 0.3) is 0 Å². The predicted octanol–water partition coefficient (Wildman–Crippen LogP) is 2.75. The number of ether oxygens (including phenoxy) is 1. The minimum Gasteiger partial charge on any atom is -0.496 e. The van der Waals surface area contributed by atoms with Crippen LogP contribution in [0.5, 0.6) is 5.75 Å². The second kappa shape index (κ2) is 5.24. The van der Waals surface area contributed by atoms with Crippen molar-refractivity contribution in [1.29, 1.82) is 5.26 Å². The number of pyridine rings is 1. The Morgan fingerprint density at radius 2 is 2.00 bits per heavy atom. The van der Waals surface area contributed by atoms with Gasteiger partial charge in [-0.05, 0) is 37.6 Å². The number of rotatable bonds is 2. The number of nitrogens with two attached hydrogens (primary N) is 1. The van der Waals surface area contributed by atoms with E-state index in [1.807, 2.05) is 42.7 Å². The number of nitrogen functional groups attached to an aromatic ring is 1. The van der Waals surface area contributed by atoms with Gasteiger partial charge in [-0.1, -0.05) is 6.07 Å². The van der Waals surface area contributed by atoms with E-state index in [-0.39, 0.29) is 0 Å². The van der Waals surface area contributed by atoms with Gasteiger partial charge in [0.1, 0.15) is 29.5 Å². The summed E-state index contributed by atoms with van der Waals surface area (Å²) >= 11 is 0. The van der Waals surface area contributed by atoms with Crippen LogP contribution in [-0.2, 0) is 0 Å². The number of anilines is 1. The Morgan fingerprint density at radius 3 is 2.72 bits per heavy atom. The lowest BCUT2D eigenvalue weighted by molar-refractivity contribution is 0.411. The quantitative estimate of drug-likeness (QED) is 0.609. The SMILES string of the molecule is COc1ccc(C)c(-n2c(N)c(C#N)c3ccc4ncnn4c32)c1C. The molecule has 0 aliphatic rings. The van der Waals surface area contributed by atoms with Crippen LogP contribution in [0.4, 0.5) is 5.82 Å². The number of nitriles is 1. The van der Waals surface area contributed by atoms with Crippen molar-refractivity contribution < 1.29 is 4.74 Å². The largest absolute Gasteiger partial charge is 0.496 e.